The van der Waals surface area contributed by atoms with Gasteiger partial charge in [0, 0.05) is 28.3 Å². The number of carbonyl (C=O) groups excluding carboxylic acids is 2. The predicted octanol–water partition coefficient (Wildman–Crippen LogP) is 4.77. The Bertz CT molecular complexity index is 1350. The Morgan fingerprint density at radius 2 is 1.90 bits per heavy atom. The van der Waals surface area contributed by atoms with E-state index in [1.54, 1.807) is 52.1 Å². The maximum atomic E-state index is 13.2. The van der Waals surface area contributed by atoms with E-state index in [2.05, 4.69) is 15.3 Å². The van der Waals surface area contributed by atoms with Gasteiger partial charge in [0.25, 0.3) is 17.9 Å². The maximum absolute atomic E-state index is 13.2. The first-order valence-electron chi connectivity index (χ1n) is 12.2. The monoisotopic (exact) mass is 564 g/mol. The number of carbonyl (C=O) groups is 2. The summed E-state index contributed by atoms with van der Waals surface area (Å²) in [7, 11) is 0. The zero-order valence-corrected chi connectivity index (χ0v) is 22.9. The number of amides is 2. The normalized spacial score (nSPS) is 14.9. The molecule has 2 amide bonds. The van der Waals surface area contributed by atoms with Crippen LogP contribution in [-0.4, -0.2) is 51.7 Å². The van der Waals surface area contributed by atoms with E-state index in [0.717, 1.165) is 17.3 Å². The summed E-state index contributed by atoms with van der Waals surface area (Å²) in [4.78, 5) is 35.8. The zero-order chi connectivity index (χ0) is 28.5. The van der Waals surface area contributed by atoms with Gasteiger partial charge in [0.1, 0.15) is 22.5 Å². The molecule has 39 heavy (non-hydrogen) atoms. The predicted molar refractivity (Wildman–Crippen MR) is 136 cm³/mol. The number of hydrogen-bond donors (Lipinski definition) is 1. The molecule has 0 aliphatic carbocycles. The van der Waals surface area contributed by atoms with E-state index in [9.17, 15) is 22.8 Å². The summed E-state index contributed by atoms with van der Waals surface area (Å²) in [5.74, 6) is -0.0327. The Morgan fingerprint density at radius 1 is 1.18 bits per heavy atom. The summed E-state index contributed by atoms with van der Waals surface area (Å²) in [5, 5.41) is 3.47. The van der Waals surface area contributed by atoms with Crippen LogP contribution >= 0.6 is 11.3 Å². The van der Waals surface area contributed by atoms with Crippen molar-refractivity contribution in [1.29, 1.82) is 0 Å². The summed E-state index contributed by atoms with van der Waals surface area (Å²) in [6.45, 7) is 9.61. The van der Waals surface area contributed by atoms with Crippen LogP contribution in [0.3, 0.4) is 0 Å². The molecule has 9 nitrogen and oxygen atoms in total. The fourth-order valence-corrected chi connectivity index (χ4v) is 4.45. The van der Waals surface area contributed by atoms with Crippen LogP contribution in [-0.2, 0) is 10.9 Å². The van der Waals surface area contributed by atoms with Gasteiger partial charge >= 0.3 is 12.3 Å². The number of hydrogen-bond acceptors (Lipinski definition) is 7. The molecule has 1 fully saturated rings. The SMILES string of the molecule is Cc1cnc(-c2cc(OC3CN(C(=O)OC(C)(C)C)C3)cc(C(=O)N[C@H](C)[n+]3ccc(C(F)(F)F)nc3)c2)s1. The Kier molecular flexibility index (Phi) is 7.82. The van der Waals surface area contributed by atoms with Gasteiger partial charge < -0.3 is 19.7 Å². The molecule has 1 saturated heterocycles. The highest BCUT2D eigenvalue weighted by Crippen LogP contribution is 2.31. The van der Waals surface area contributed by atoms with Crippen LogP contribution in [0, 0.1) is 6.92 Å². The molecule has 1 atom stereocenters. The number of thiazole rings is 1. The van der Waals surface area contributed by atoms with Crippen LogP contribution < -0.4 is 14.6 Å². The van der Waals surface area contributed by atoms with E-state index in [0.29, 0.717) is 29.4 Å². The molecular weight excluding hydrogens is 535 g/mol. The Morgan fingerprint density at radius 3 is 2.46 bits per heavy atom. The quantitative estimate of drug-likeness (QED) is 0.434. The second kappa shape index (κ2) is 10.8. The van der Waals surface area contributed by atoms with Crippen LogP contribution in [0.2, 0.25) is 0 Å². The van der Waals surface area contributed by atoms with Crippen molar-refractivity contribution in [3.8, 4) is 16.3 Å². The number of nitrogens with zero attached hydrogens (tertiary/aromatic N) is 4. The van der Waals surface area contributed by atoms with Crippen molar-refractivity contribution >= 4 is 23.3 Å². The summed E-state index contributed by atoms with van der Waals surface area (Å²) in [6, 6.07) is 5.89. The minimum atomic E-state index is -4.55. The highest BCUT2D eigenvalue weighted by Gasteiger charge is 2.37. The molecule has 1 aromatic carbocycles. The average Bonchev–Trinajstić information content (AvgIpc) is 3.25. The topological polar surface area (TPSA) is 97.5 Å². The van der Waals surface area contributed by atoms with Gasteiger partial charge in [-0.05, 0) is 57.8 Å². The first-order chi connectivity index (χ1) is 18.2. The van der Waals surface area contributed by atoms with Crippen molar-refractivity contribution in [2.24, 2.45) is 0 Å². The van der Waals surface area contributed by atoms with Crippen molar-refractivity contribution in [1.82, 2.24) is 20.2 Å². The molecule has 0 saturated carbocycles. The van der Waals surface area contributed by atoms with E-state index >= 15 is 0 Å². The fraction of sp³-hybridized carbons (Fsp3) is 0.423. The standard InChI is InChI=1S/C26H28F3N5O4S/c1-15-11-30-23(39-15)18-8-17(22(35)32-16(2)33-7-6-21(31-14-33)26(27,28)29)9-19(10-18)37-20-12-34(13-20)24(36)38-25(3,4)5/h6-11,14,16,20H,12-13H2,1-5H3/p+1/t16-/m0/s1. The minimum Gasteiger partial charge on any atom is -0.487 e. The smallest absolute Gasteiger partial charge is 0.458 e. The number of alkyl halides is 3. The molecular formula is C26H29F3N5O4S+. The lowest BCUT2D eigenvalue weighted by molar-refractivity contribution is -0.726. The Hall–Kier alpha value is -3.74. The molecule has 0 spiro atoms. The molecule has 1 aliphatic rings. The molecule has 0 unspecified atom stereocenters. The van der Waals surface area contributed by atoms with E-state index in [4.69, 9.17) is 9.47 Å². The van der Waals surface area contributed by atoms with Gasteiger partial charge in [0.2, 0.25) is 0 Å². The molecule has 3 heterocycles. The summed E-state index contributed by atoms with van der Waals surface area (Å²) in [6.07, 6.45) is -1.99. The second-order valence-electron chi connectivity index (χ2n) is 10.2. The number of benzene rings is 1. The molecule has 2 aromatic heterocycles. The van der Waals surface area contributed by atoms with Gasteiger partial charge in [-0.15, -0.1) is 11.3 Å². The summed E-state index contributed by atoms with van der Waals surface area (Å²) < 4.78 is 51.3. The highest BCUT2D eigenvalue weighted by molar-refractivity contribution is 7.14. The maximum Gasteiger partial charge on any atom is 0.458 e. The lowest BCUT2D eigenvalue weighted by atomic mass is 10.1. The van der Waals surface area contributed by atoms with Crippen molar-refractivity contribution in [2.75, 3.05) is 13.1 Å². The molecule has 3 aromatic rings. The molecule has 0 bridgehead atoms. The summed E-state index contributed by atoms with van der Waals surface area (Å²) in [5.41, 5.74) is -0.662. The number of ether oxygens (including phenoxy) is 2. The summed E-state index contributed by atoms with van der Waals surface area (Å²) >= 11 is 1.46. The van der Waals surface area contributed by atoms with Gasteiger partial charge in [-0.3, -0.25) is 4.79 Å². The number of nitrogens with one attached hydrogen (secondary N) is 1. The van der Waals surface area contributed by atoms with E-state index in [1.165, 1.54) is 27.0 Å². The molecule has 0 radical (unpaired) electrons. The Balaban J connectivity index is 1.49. The number of aromatic nitrogens is 3. The third-order valence-electron chi connectivity index (χ3n) is 5.65. The van der Waals surface area contributed by atoms with Crippen LogP contribution in [0.4, 0.5) is 18.0 Å². The average molecular weight is 565 g/mol. The van der Waals surface area contributed by atoms with E-state index in [-0.39, 0.29) is 11.7 Å². The van der Waals surface area contributed by atoms with Crippen LogP contribution in [0.1, 0.15) is 54.8 Å². The number of aryl methyl sites for hydroxylation is 1. The molecule has 1 aliphatic heterocycles. The number of halogens is 3. The first-order valence-corrected chi connectivity index (χ1v) is 13.0. The first kappa shape index (κ1) is 28.3. The van der Waals surface area contributed by atoms with Gasteiger partial charge in [-0.2, -0.15) is 13.2 Å². The van der Waals surface area contributed by atoms with E-state index in [1.807, 2.05) is 6.92 Å². The molecule has 13 heteroatoms. The number of rotatable bonds is 6. The third kappa shape index (κ3) is 7.22. The second-order valence-corrected chi connectivity index (χ2v) is 11.4. The largest absolute Gasteiger partial charge is 0.487 e. The molecule has 1 N–H and O–H groups in total. The lowest BCUT2D eigenvalue weighted by Gasteiger charge is -2.39. The van der Waals surface area contributed by atoms with Gasteiger partial charge in [-0.1, -0.05) is 0 Å². The van der Waals surface area contributed by atoms with Crippen LogP contribution in [0.15, 0.2) is 43.0 Å². The van der Waals surface area contributed by atoms with Crippen LogP contribution in [0.5, 0.6) is 5.75 Å². The third-order valence-corrected chi connectivity index (χ3v) is 6.61. The highest BCUT2D eigenvalue weighted by atomic mass is 32.1. The van der Waals surface area contributed by atoms with Crippen molar-refractivity contribution in [3.63, 3.8) is 0 Å². The van der Waals surface area contributed by atoms with Gasteiger partial charge in [0.05, 0.1) is 19.3 Å². The lowest BCUT2D eigenvalue weighted by Crippen LogP contribution is -2.57. The fourth-order valence-electron chi connectivity index (χ4n) is 3.70. The van der Waals surface area contributed by atoms with Gasteiger partial charge in [0.15, 0.2) is 6.17 Å². The molecule has 208 valence electrons. The van der Waals surface area contributed by atoms with Crippen LogP contribution in [0.25, 0.3) is 10.6 Å². The van der Waals surface area contributed by atoms with Crippen molar-refractivity contribution < 1.29 is 36.8 Å². The van der Waals surface area contributed by atoms with Crippen molar-refractivity contribution in [2.45, 2.75) is 58.7 Å². The Labute approximate surface area is 227 Å². The zero-order valence-electron chi connectivity index (χ0n) is 22.1. The molecule has 4 rings (SSSR count). The van der Waals surface area contributed by atoms with Crippen molar-refractivity contribution in [3.05, 3.63) is 59.1 Å². The minimum absolute atomic E-state index is 0.283. The van der Waals surface area contributed by atoms with E-state index < -0.39 is 35.6 Å². The number of likely N-dealkylation sites (tertiary alicyclic amines) is 1. The van der Waals surface area contributed by atoms with Gasteiger partial charge in [-0.25, -0.2) is 14.3 Å².